The number of hydrogen-bond acceptors (Lipinski definition) is 3. The first-order valence-electron chi connectivity index (χ1n) is 9.92. The Balaban J connectivity index is 2.75. The van der Waals surface area contributed by atoms with E-state index in [1.807, 2.05) is 83.2 Å². The maximum Gasteiger partial charge on any atom is 0.145 e. The minimum absolute atomic E-state index is 0.0518. The van der Waals surface area contributed by atoms with Gasteiger partial charge in [0.2, 0.25) is 0 Å². The van der Waals surface area contributed by atoms with Crippen molar-refractivity contribution in [2.24, 2.45) is 11.8 Å². The van der Waals surface area contributed by atoms with Gasteiger partial charge in [-0.2, -0.15) is 0 Å². The number of carbonyl (C=O) groups is 1. The zero-order valence-corrected chi connectivity index (χ0v) is 18.1. The Bertz CT molecular complexity index is 707. The quantitative estimate of drug-likeness (QED) is 0.342. The molecule has 1 fully saturated rings. The van der Waals surface area contributed by atoms with Gasteiger partial charge in [-0.1, -0.05) is 65.8 Å². The molecule has 0 amide bonds. The molecule has 0 radical (unpaired) electrons. The summed E-state index contributed by atoms with van der Waals surface area (Å²) in [6.07, 6.45) is 20.0. The second-order valence-electron chi connectivity index (χ2n) is 8.63. The van der Waals surface area contributed by atoms with E-state index in [4.69, 9.17) is 0 Å². The van der Waals surface area contributed by atoms with Gasteiger partial charge in [0.25, 0.3) is 0 Å². The molecule has 1 saturated carbocycles. The molecule has 0 aromatic carbocycles. The van der Waals surface area contributed by atoms with Crippen molar-refractivity contribution >= 4 is 6.29 Å². The van der Waals surface area contributed by atoms with E-state index < -0.39 is 11.2 Å². The van der Waals surface area contributed by atoms with Crippen LogP contribution in [0.25, 0.3) is 0 Å². The van der Waals surface area contributed by atoms with Crippen molar-refractivity contribution in [3.8, 4) is 0 Å². The first-order valence-corrected chi connectivity index (χ1v) is 9.92. The average molecular weight is 385 g/mol. The van der Waals surface area contributed by atoms with Gasteiger partial charge in [0.05, 0.1) is 11.2 Å². The maximum absolute atomic E-state index is 10.7. The van der Waals surface area contributed by atoms with E-state index in [9.17, 15) is 15.0 Å². The lowest BCUT2D eigenvalue weighted by atomic mass is 9.78. The zero-order chi connectivity index (χ0) is 21.4. The topological polar surface area (TPSA) is 57.5 Å². The molecule has 3 heteroatoms. The van der Waals surface area contributed by atoms with Crippen LogP contribution in [0.5, 0.6) is 0 Å². The highest BCUT2D eigenvalue weighted by molar-refractivity contribution is 5.72. The molecule has 1 unspecified atom stereocenters. The smallest absolute Gasteiger partial charge is 0.145 e. The Morgan fingerprint density at radius 3 is 2.07 bits per heavy atom. The molecule has 28 heavy (non-hydrogen) atoms. The highest BCUT2D eigenvalue weighted by Crippen LogP contribution is 2.46. The van der Waals surface area contributed by atoms with Crippen LogP contribution in [0.2, 0.25) is 0 Å². The Hall–Kier alpha value is -1.97. The van der Waals surface area contributed by atoms with Gasteiger partial charge in [-0.15, -0.1) is 0 Å². The molecule has 3 nitrogen and oxygen atoms in total. The summed E-state index contributed by atoms with van der Waals surface area (Å²) in [7, 11) is 0. The lowest BCUT2D eigenvalue weighted by Gasteiger charge is -2.33. The molecule has 1 aliphatic rings. The molecule has 0 aliphatic heterocycles. The first-order chi connectivity index (χ1) is 13.0. The summed E-state index contributed by atoms with van der Waals surface area (Å²) in [6.45, 7) is 11.3. The summed E-state index contributed by atoms with van der Waals surface area (Å²) in [4.78, 5) is 10.5. The van der Waals surface area contributed by atoms with Gasteiger partial charge < -0.3 is 10.2 Å². The molecule has 3 atom stereocenters. The van der Waals surface area contributed by atoms with E-state index in [0.29, 0.717) is 12.0 Å². The monoisotopic (exact) mass is 384 g/mol. The average Bonchev–Trinajstić information content (AvgIpc) is 2.91. The third kappa shape index (κ3) is 7.95. The molecule has 0 aromatic heterocycles. The minimum Gasteiger partial charge on any atom is -0.390 e. The maximum atomic E-state index is 10.7. The van der Waals surface area contributed by atoms with Crippen molar-refractivity contribution in [3.63, 3.8) is 0 Å². The number of aliphatic hydroxyl groups is 2. The highest BCUT2D eigenvalue weighted by Gasteiger charge is 2.47. The first kappa shape index (κ1) is 24.1. The van der Waals surface area contributed by atoms with Crippen molar-refractivity contribution in [2.45, 2.75) is 65.6 Å². The molecule has 0 aromatic rings. The molecule has 0 saturated heterocycles. The van der Waals surface area contributed by atoms with Crippen molar-refractivity contribution < 1.29 is 15.0 Å². The van der Waals surface area contributed by atoms with Gasteiger partial charge in [0, 0.05) is 5.92 Å². The number of rotatable bonds is 8. The van der Waals surface area contributed by atoms with Gasteiger partial charge in [-0.25, -0.2) is 0 Å². The van der Waals surface area contributed by atoms with E-state index in [1.165, 1.54) is 0 Å². The molecular formula is C25H36O3. The van der Waals surface area contributed by atoms with Crippen LogP contribution in [-0.4, -0.2) is 27.7 Å². The van der Waals surface area contributed by atoms with E-state index >= 15 is 0 Å². The minimum atomic E-state index is -0.804. The lowest BCUT2D eigenvalue weighted by Crippen LogP contribution is -2.39. The fourth-order valence-corrected chi connectivity index (χ4v) is 3.53. The molecule has 154 valence electrons. The molecule has 1 aliphatic carbocycles. The van der Waals surface area contributed by atoms with Crippen LogP contribution in [0.4, 0.5) is 0 Å². The Morgan fingerprint density at radius 1 is 0.964 bits per heavy atom. The predicted molar refractivity (Wildman–Crippen MR) is 118 cm³/mol. The van der Waals surface area contributed by atoms with Gasteiger partial charge in [0.1, 0.15) is 6.29 Å². The van der Waals surface area contributed by atoms with Crippen molar-refractivity contribution in [2.75, 3.05) is 0 Å². The van der Waals surface area contributed by atoms with Gasteiger partial charge >= 0.3 is 0 Å². The van der Waals surface area contributed by atoms with E-state index in [-0.39, 0.29) is 11.8 Å². The van der Waals surface area contributed by atoms with Gasteiger partial charge in [-0.05, 0) is 65.9 Å². The highest BCUT2D eigenvalue weighted by atomic mass is 16.3. The summed E-state index contributed by atoms with van der Waals surface area (Å²) in [5.41, 5.74) is 1.29. The van der Waals surface area contributed by atoms with Gasteiger partial charge in [-0.3, -0.25) is 4.79 Å². The molecule has 0 bridgehead atoms. The SMILES string of the molecule is C\C(C=O)=C/C=C/C=C(C)/C=C/C=C(C)/C=C/[C@@H]1C(C(C)(C)O)CC[C@]1(C)O. The third-order valence-corrected chi connectivity index (χ3v) is 5.32. The number of carbonyl (C=O) groups excluding carboxylic acids is 1. The van der Waals surface area contributed by atoms with E-state index in [1.54, 1.807) is 13.0 Å². The lowest BCUT2D eigenvalue weighted by molar-refractivity contribution is -0.104. The van der Waals surface area contributed by atoms with Crippen molar-refractivity contribution in [1.29, 1.82) is 0 Å². The van der Waals surface area contributed by atoms with Crippen LogP contribution in [0.1, 0.15) is 54.4 Å². The summed E-state index contributed by atoms with van der Waals surface area (Å²) >= 11 is 0. The summed E-state index contributed by atoms with van der Waals surface area (Å²) in [6, 6.07) is 0. The van der Waals surface area contributed by atoms with Crippen LogP contribution >= 0.6 is 0 Å². The Morgan fingerprint density at radius 2 is 1.50 bits per heavy atom. The number of aldehydes is 1. The molecule has 1 rings (SSSR count). The fourth-order valence-electron chi connectivity index (χ4n) is 3.53. The predicted octanol–water partition coefficient (Wildman–Crippen LogP) is 5.24. The molecule has 0 heterocycles. The van der Waals surface area contributed by atoms with Crippen LogP contribution in [0, 0.1) is 11.8 Å². The standard InChI is InChI=1S/C25H36O3/c1-19(10-7-8-11-21(3)18-26)12-9-13-20(2)14-15-23-22(24(4,5)27)16-17-25(23,6)28/h7-15,18,22-23,27-28H,16-17H2,1-6H3/b8-7+,12-9+,15-14+,19-10+,20-13+,21-11+/t22?,23-,25+/m1/s1. The Kier molecular flexibility index (Phi) is 9.06. The zero-order valence-electron chi connectivity index (χ0n) is 18.1. The second kappa shape index (κ2) is 10.5. The van der Waals surface area contributed by atoms with Crippen molar-refractivity contribution in [3.05, 3.63) is 71.4 Å². The van der Waals surface area contributed by atoms with Crippen LogP contribution < -0.4 is 0 Å². The van der Waals surface area contributed by atoms with E-state index in [0.717, 1.165) is 23.9 Å². The Labute approximate surface area is 170 Å². The van der Waals surface area contributed by atoms with Crippen LogP contribution in [0.3, 0.4) is 0 Å². The largest absolute Gasteiger partial charge is 0.390 e. The molecular weight excluding hydrogens is 348 g/mol. The van der Waals surface area contributed by atoms with E-state index in [2.05, 4.69) is 0 Å². The second-order valence-corrected chi connectivity index (χ2v) is 8.63. The molecule has 0 spiro atoms. The third-order valence-electron chi connectivity index (χ3n) is 5.32. The van der Waals surface area contributed by atoms with Crippen LogP contribution in [-0.2, 0) is 4.79 Å². The fraction of sp³-hybridized carbons (Fsp3) is 0.480. The summed E-state index contributed by atoms with van der Waals surface area (Å²) in [5, 5.41) is 21.1. The van der Waals surface area contributed by atoms with Crippen molar-refractivity contribution in [1.82, 2.24) is 0 Å². The molecule has 2 N–H and O–H groups in total. The normalized spacial score (nSPS) is 28.2. The van der Waals surface area contributed by atoms with Gasteiger partial charge in [0.15, 0.2) is 0 Å². The number of allylic oxidation sites excluding steroid dienone is 11. The number of hydrogen-bond donors (Lipinski definition) is 2. The summed E-state index contributed by atoms with van der Waals surface area (Å²) < 4.78 is 0. The summed E-state index contributed by atoms with van der Waals surface area (Å²) in [5.74, 6) is -0.00886. The van der Waals surface area contributed by atoms with Crippen LogP contribution in [0.15, 0.2) is 71.4 Å².